The van der Waals surface area contributed by atoms with Gasteiger partial charge in [-0.3, -0.25) is 9.69 Å². The molecule has 2 aliphatic rings. The Morgan fingerprint density at radius 1 is 1.17 bits per heavy atom. The molecule has 0 spiro atoms. The molecule has 0 bridgehead atoms. The van der Waals surface area contributed by atoms with E-state index in [1.807, 2.05) is 18.3 Å². The number of anilines is 1. The van der Waals surface area contributed by atoms with E-state index in [1.165, 1.54) is 26.4 Å². The second-order valence-electron chi connectivity index (χ2n) is 9.82. The van der Waals surface area contributed by atoms with Crippen LogP contribution in [0.4, 0.5) is 10.5 Å². The lowest BCUT2D eigenvalue weighted by atomic mass is 9.85. The Morgan fingerprint density at radius 3 is 2.77 bits per heavy atom. The summed E-state index contributed by atoms with van der Waals surface area (Å²) in [6.45, 7) is 5.40. The number of imidazole rings is 1. The van der Waals surface area contributed by atoms with Gasteiger partial charge in [-0.05, 0) is 63.3 Å². The van der Waals surface area contributed by atoms with Crippen LogP contribution < -0.4 is 15.8 Å². The molecule has 186 valence electrons. The Kier molecular flexibility index (Phi) is 6.90. The number of hydrogen-bond donors (Lipinski definition) is 1. The molecule has 3 aromatic rings. The average molecular weight is 478 g/mol. The van der Waals surface area contributed by atoms with Crippen molar-refractivity contribution >= 4 is 22.8 Å². The number of nitrogens with one attached hydrogen (secondary N) is 1. The zero-order valence-electron chi connectivity index (χ0n) is 20.7. The van der Waals surface area contributed by atoms with Gasteiger partial charge in [0.15, 0.2) is 0 Å². The molecule has 2 aromatic heterocycles. The van der Waals surface area contributed by atoms with Crippen molar-refractivity contribution in [2.24, 2.45) is 5.92 Å². The smallest absolute Gasteiger partial charge is 0.414 e. The number of hydrogen-bond acceptors (Lipinski definition) is 5. The third-order valence-corrected chi connectivity index (χ3v) is 7.61. The zero-order chi connectivity index (χ0) is 24.4. The van der Waals surface area contributed by atoms with Gasteiger partial charge in [0.1, 0.15) is 5.82 Å². The van der Waals surface area contributed by atoms with Crippen LogP contribution in [-0.4, -0.2) is 46.5 Å². The van der Waals surface area contributed by atoms with Crippen LogP contribution in [0.5, 0.6) is 0 Å². The van der Waals surface area contributed by atoms with Crippen LogP contribution in [0.2, 0.25) is 0 Å². The van der Waals surface area contributed by atoms with E-state index >= 15 is 0 Å². The summed E-state index contributed by atoms with van der Waals surface area (Å²) in [6, 6.07) is 9.44. The second kappa shape index (κ2) is 10.2. The van der Waals surface area contributed by atoms with Crippen LogP contribution in [0.15, 0.2) is 41.3 Å². The van der Waals surface area contributed by atoms with Crippen LogP contribution >= 0.6 is 0 Å². The molecule has 35 heavy (non-hydrogen) atoms. The Hall–Kier alpha value is -3.13. The van der Waals surface area contributed by atoms with Crippen LogP contribution in [0.3, 0.4) is 0 Å². The van der Waals surface area contributed by atoms with Gasteiger partial charge >= 0.3 is 6.09 Å². The number of aryl methyl sites for hydroxylation is 3. The van der Waals surface area contributed by atoms with Crippen LogP contribution in [-0.2, 0) is 30.7 Å². The molecule has 1 aliphatic heterocycles. The van der Waals surface area contributed by atoms with E-state index in [2.05, 4.69) is 22.9 Å². The maximum Gasteiger partial charge on any atom is 0.414 e. The number of nitrogens with zero attached hydrogens (tertiary/aromatic N) is 4. The molecule has 8 nitrogen and oxygen atoms in total. The monoisotopic (exact) mass is 477 g/mol. The summed E-state index contributed by atoms with van der Waals surface area (Å²) in [5.41, 5.74) is 4.03. The van der Waals surface area contributed by atoms with E-state index in [9.17, 15) is 9.59 Å². The number of benzene rings is 1. The predicted molar refractivity (Wildman–Crippen MR) is 137 cm³/mol. The number of carbonyl (C=O) groups is 1. The number of amides is 1. The van der Waals surface area contributed by atoms with Crippen LogP contribution in [0.1, 0.15) is 44.0 Å². The Labute approximate surface area is 205 Å². The Balaban J connectivity index is 1.47. The first kappa shape index (κ1) is 23.6. The first-order valence-electron chi connectivity index (χ1n) is 12.8. The molecule has 1 aliphatic carbocycles. The number of pyridine rings is 1. The summed E-state index contributed by atoms with van der Waals surface area (Å²) in [5.74, 6) is 1.79. The van der Waals surface area contributed by atoms with Crippen molar-refractivity contribution < 1.29 is 9.53 Å². The fourth-order valence-corrected chi connectivity index (χ4v) is 5.35. The molecule has 1 saturated carbocycles. The first-order chi connectivity index (χ1) is 17.1. The number of fused-ring (bicyclic) bond motifs is 3. The van der Waals surface area contributed by atoms with E-state index in [0.717, 1.165) is 66.5 Å². The molecule has 5 rings (SSSR count). The molecule has 1 N–H and O–H groups in total. The lowest BCUT2D eigenvalue weighted by Crippen LogP contribution is -2.42. The molecule has 1 atom stereocenters. The standard InChI is InChI=1S/C27H35N5O3/c1-19-9-10-21-22(32(19)27(34)35-2)11-12-23-26(21)29-24(13-16-30-15-4-3-8-25(30)33)31(23)17-14-28-18-20-6-5-7-20/h3-4,8,11-12,15,19-20,28H,5-7,9-10,13-14,16-18H2,1-2H3/t19-/m0/s1. The summed E-state index contributed by atoms with van der Waals surface area (Å²) >= 11 is 0. The molecule has 1 aromatic carbocycles. The van der Waals surface area contributed by atoms with E-state index in [-0.39, 0.29) is 17.7 Å². The summed E-state index contributed by atoms with van der Waals surface area (Å²) in [4.78, 5) is 31.6. The number of aromatic nitrogens is 3. The molecular weight excluding hydrogens is 442 g/mol. The van der Waals surface area contributed by atoms with Crippen LogP contribution in [0, 0.1) is 5.92 Å². The quantitative estimate of drug-likeness (QED) is 0.500. The van der Waals surface area contributed by atoms with Crippen molar-refractivity contribution in [1.29, 1.82) is 0 Å². The lowest BCUT2D eigenvalue weighted by Gasteiger charge is -2.34. The SMILES string of the molecule is COC(=O)N1c2ccc3c(nc(CCn4ccccc4=O)n3CCNCC3CCC3)c2CC[C@@H]1C. The van der Waals surface area contributed by atoms with E-state index in [4.69, 9.17) is 9.72 Å². The van der Waals surface area contributed by atoms with Crippen molar-refractivity contribution in [2.45, 2.75) is 64.6 Å². The van der Waals surface area contributed by atoms with Gasteiger partial charge in [0.05, 0.1) is 23.8 Å². The average Bonchev–Trinajstić information content (AvgIpc) is 3.19. The van der Waals surface area contributed by atoms with Gasteiger partial charge in [-0.2, -0.15) is 0 Å². The van der Waals surface area contributed by atoms with Gasteiger partial charge < -0.3 is 19.2 Å². The van der Waals surface area contributed by atoms with Gasteiger partial charge in [-0.25, -0.2) is 9.78 Å². The molecule has 1 amide bonds. The van der Waals surface area contributed by atoms with Gasteiger partial charge in [-0.1, -0.05) is 12.5 Å². The lowest BCUT2D eigenvalue weighted by molar-refractivity contribution is 0.175. The van der Waals surface area contributed by atoms with E-state index in [0.29, 0.717) is 13.0 Å². The predicted octanol–water partition coefficient (Wildman–Crippen LogP) is 3.74. The third kappa shape index (κ3) is 4.72. The number of ether oxygens (including phenoxy) is 1. The maximum absolute atomic E-state index is 12.5. The maximum atomic E-state index is 12.5. The number of methoxy groups -OCH3 is 1. The fourth-order valence-electron chi connectivity index (χ4n) is 5.35. The van der Waals surface area contributed by atoms with Crippen molar-refractivity contribution in [1.82, 2.24) is 19.4 Å². The van der Waals surface area contributed by atoms with E-state index in [1.54, 1.807) is 21.6 Å². The summed E-state index contributed by atoms with van der Waals surface area (Å²) < 4.78 is 9.10. The highest BCUT2D eigenvalue weighted by molar-refractivity contribution is 5.95. The molecule has 8 heteroatoms. The molecule has 0 radical (unpaired) electrons. The Morgan fingerprint density at radius 2 is 2.03 bits per heavy atom. The molecule has 1 fully saturated rings. The second-order valence-corrected chi connectivity index (χ2v) is 9.82. The Bertz CT molecular complexity index is 1260. The highest BCUT2D eigenvalue weighted by atomic mass is 16.5. The fraction of sp³-hybridized carbons (Fsp3) is 0.519. The molecular formula is C27H35N5O3. The normalized spacial score (nSPS) is 17.9. The van der Waals surface area contributed by atoms with Crippen molar-refractivity contribution in [2.75, 3.05) is 25.1 Å². The van der Waals surface area contributed by atoms with Crippen molar-refractivity contribution in [3.8, 4) is 0 Å². The number of rotatable bonds is 8. The molecule has 0 unspecified atom stereocenters. The van der Waals surface area contributed by atoms with Gasteiger partial charge in [0, 0.05) is 49.9 Å². The van der Waals surface area contributed by atoms with Gasteiger partial charge in [0.25, 0.3) is 5.56 Å². The minimum Gasteiger partial charge on any atom is -0.452 e. The molecule has 3 heterocycles. The first-order valence-corrected chi connectivity index (χ1v) is 12.8. The molecule has 0 saturated heterocycles. The minimum absolute atomic E-state index is 0.00240. The van der Waals surface area contributed by atoms with Gasteiger partial charge in [-0.15, -0.1) is 0 Å². The van der Waals surface area contributed by atoms with Gasteiger partial charge in [0.2, 0.25) is 0 Å². The highest BCUT2D eigenvalue weighted by Crippen LogP contribution is 2.36. The number of carbonyl (C=O) groups excluding carboxylic acids is 1. The summed E-state index contributed by atoms with van der Waals surface area (Å²) in [5, 5.41) is 3.62. The zero-order valence-corrected chi connectivity index (χ0v) is 20.7. The summed E-state index contributed by atoms with van der Waals surface area (Å²) in [6.07, 6.45) is 7.91. The van der Waals surface area contributed by atoms with E-state index < -0.39 is 0 Å². The highest BCUT2D eigenvalue weighted by Gasteiger charge is 2.31. The van der Waals surface area contributed by atoms with Crippen LogP contribution in [0.25, 0.3) is 11.0 Å². The topological polar surface area (TPSA) is 81.4 Å². The summed E-state index contributed by atoms with van der Waals surface area (Å²) in [7, 11) is 1.43. The van der Waals surface area contributed by atoms with Crippen molar-refractivity contribution in [3.05, 3.63) is 58.3 Å². The van der Waals surface area contributed by atoms with Crippen molar-refractivity contribution in [3.63, 3.8) is 0 Å². The third-order valence-electron chi connectivity index (χ3n) is 7.61. The largest absolute Gasteiger partial charge is 0.452 e. The minimum atomic E-state index is -0.332.